The highest BCUT2D eigenvalue weighted by molar-refractivity contribution is 7.19. The Morgan fingerprint density at radius 2 is 2.33 bits per heavy atom. The van der Waals surface area contributed by atoms with Crippen molar-refractivity contribution in [2.24, 2.45) is 0 Å². The van der Waals surface area contributed by atoms with Gasteiger partial charge in [0.15, 0.2) is 0 Å². The van der Waals surface area contributed by atoms with Crippen molar-refractivity contribution in [1.82, 2.24) is 15.3 Å². The summed E-state index contributed by atoms with van der Waals surface area (Å²) in [4.78, 5) is 9.04. The summed E-state index contributed by atoms with van der Waals surface area (Å²) in [7, 11) is 0. The van der Waals surface area contributed by atoms with Crippen LogP contribution in [0.15, 0.2) is 12.1 Å². The van der Waals surface area contributed by atoms with Crippen LogP contribution < -0.4 is 5.32 Å². The number of fused-ring (bicyclic) bond motifs is 1. The molecule has 0 unspecified atom stereocenters. The van der Waals surface area contributed by atoms with Gasteiger partial charge in [-0.25, -0.2) is 4.98 Å². The molecular formula is C10H10ClN3S. The Balaban J connectivity index is 2.02. The Morgan fingerprint density at radius 1 is 1.40 bits per heavy atom. The molecule has 1 aliphatic heterocycles. The van der Waals surface area contributed by atoms with Crippen molar-refractivity contribution in [3.63, 3.8) is 0 Å². The fourth-order valence-electron chi connectivity index (χ4n) is 1.78. The predicted octanol–water partition coefficient (Wildman–Crippen LogP) is 2.44. The Morgan fingerprint density at radius 3 is 3.07 bits per heavy atom. The van der Waals surface area contributed by atoms with Gasteiger partial charge in [-0.15, -0.1) is 11.3 Å². The van der Waals surface area contributed by atoms with Gasteiger partial charge in [0.05, 0.1) is 20.6 Å². The fraction of sp³-hybridized carbons (Fsp3) is 0.300. The number of rotatable bonds is 1. The van der Waals surface area contributed by atoms with Gasteiger partial charge in [0.2, 0.25) is 0 Å². The second-order valence-electron chi connectivity index (χ2n) is 3.54. The molecule has 78 valence electrons. The van der Waals surface area contributed by atoms with Crippen molar-refractivity contribution in [2.75, 3.05) is 6.54 Å². The van der Waals surface area contributed by atoms with Crippen molar-refractivity contribution in [3.8, 4) is 10.7 Å². The van der Waals surface area contributed by atoms with E-state index in [9.17, 15) is 0 Å². The summed E-state index contributed by atoms with van der Waals surface area (Å²) in [5.74, 6) is 0.945. The summed E-state index contributed by atoms with van der Waals surface area (Å²) >= 11 is 7.46. The minimum atomic E-state index is 0.803. The van der Waals surface area contributed by atoms with Gasteiger partial charge in [-0.05, 0) is 12.1 Å². The Bertz CT molecular complexity index is 465. The highest BCUT2D eigenvalue weighted by atomic mass is 35.5. The molecule has 2 N–H and O–H groups in total. The number of nitrogens with one attached hydrogen (secondary N) is 2. The van der Waals surface area contributed by atoms with Crippen LogP contribution in [0, 0.1) is 0 Å². The normalized spacial score (nSPS) is 15.3. The molecule has 0 saturated carbocycles. The lowest BCUT2D eigenvalue weighted by Gasteiger charge is -2.09. The average molecular weight is 240 g/mol. The zero-order valence-electron chi connectivity index (χ0n) is 8.01. The minimum absolute atomic E-state index is 0.803. The monoisotopic (exact) mass is 239 g/mol. The summed E-state index contributed by atoms with van der Waals surface area (Å²) in [6, 6.07) is 3.91. The molecule has 0 aliphatic carbocycles. The van der Waals surface area contributed by atoms with E-state index in [1.807, 2.05) is 12.1 Å². The topological polar surface area (TPSA) is 40.7 Å². The summed E-state index contributed by atoms with van der Waals surface area (Å²) < 4.78 is 0.803. The SMILES string of the molecule is Clc1ccc(-c2nc3c([nH]2)CNCC3)s1. The lowest BCUT2D eigenvalue weighted by Crippen LogP contribution is -2.23. The maximum atomic E-state index is 5.90. The predicted molar refractivity (Wildman–Crippen MR) is 62.3 cm³/mol. The highest BCUT2D eigenvalue weighted by Gasteiger charge is 2.15. The highest BCUT2D eigenvalue weighted by Crippen LogP contribution is 2.30. The maximum absolute atomic E-state index is 5.90. The molecule has 0 aromatic carbocycles. The molecule has 0 spiro atoms. The maximum Gasteiger partial charge on any atom is 0.148 e. The number of nitrogens with zero attached hydrogens (tertiary/aromatic N) is 1. The third-order valence-corrected chi connectivity index (χ3v) is 3.75. The molecule has 0 bridgehead atoms. The van der Waals surface area contributed by atoms with E-state index in [0.29, 0.717) is 0 Å². The number of hydrogen-bond acceptors (Lipinski definition) is 3. The minimum Gasteiger partial charge on any atom is -0.340 e. The van der Waals surface area contributed by atoms with Crippen molar-refractivity contribution >= 4 is 22.9 Å². The standard InChI is InChI=1S/C10H10ClN3S/c11-9-2-1-8(15-9)10-13-6-3-4-12-5-7(6)14-10/h1-2,12H,3-5H2,(H,13,14). The molecule has 3 heterocycles. The Kier molecular flexibility index (Phi) is 2.27. The first kappa shape index (κ1) is 9.39. The van der Waals surface area contributed by atoms with Gasteiger partial charge in [0, 0.05) is 19.5 Å². The van der Waals surface area contributed by atoms with Crippen molar-refractivity contribution < 1.29 is 0 Å². The van der Waals surface area contributed by atoms with Crippen LogP contribution in [-0.2, 0) is 13.0 Å². The number of halogens is 1. The first-order chi connectivity index (χ1) is 7.33. The lowest BCUT2D eigenvalue weighted by atomic mass is 10.2. The summed E-state index contributed by atoms with van der Waals surface area (Å²) in [6.07, 6.45) is 1.00. The van der Waals surface area contributed by atoms with Gasteiger partial charge in [0.25, 0.3) is 0 Å². The molecule has 3 nitrogen and oxygen atoms in total. The fourth-order valence-corrected chi connectivity index (χ4v) is 2.76. The molecule has 0 radical (unpaired) electrons. The molecule has 1 aliphatic rings. The van der Waals surface area contributed by atoms with Crippen LogP contribution in [0.3, 0.4) is 0 Å². The van der Waals surface area contributed by atoms with E-state index < -0.39 is 0 Å². The van der Waals surface area contributed by atoms with Crippen LogP contribution in [0.5, 0.6) is 0 Å². The van der Waals surface area contributed by atoms with E-state index >= 15 is 0 Å². The molecule has 0 fully saturated rings. The smallest absolute Gasteiger partial charge is 0.148 e. The number of hydrogen-bond donors (Lipinski definition) is 2. The van der Waals surface area contributed by atoms with Gasteiger partial charge in [-0.1, -0.05) is 11.6 Å². The largest absolute Gasteiger partial charge is 0.340 e. The number of thiophene rings is 1. The van der Waals surface area contributed by atoms with Crippen LogP contribution >= 0.6 is 22.9 Å². The molecule has 15 heavy (non-hydrogen) atoms. The van der Waals surface area contributed by atoms with Crippen molar-refractivity contribution in [2.45, 2.75) is 13.0 Å². The van der Waals surface area contributed by atoms with E-state index in [-0.39, 0.29) is 0 Å². The first-order valence-electron chi connectivity index (χ1n) is 4.87. The molecule has 5 heteroatoms. The molecule has 0 atom stereocenters. The lowest BCUT2D eigenvalue weighted by molar-refractivity contribution is 0.627. The second kappa shape index (κ2) is 3.63. The van der Waals surface area contributed by atoms with Gasteiger partial charge in [-0.3, -0.25) is 0 Å². The number of aromatic nitrogens is 2. The van der Waals surface area contributed by atoms with Crippen LogP contribution in [0.4, 0.5) is 0 Å². The van der Waals surface area contributed by atoms with Crippen LogP contribution in [-0.4, -0.2) is 16.5 Å². The van der Waals surface area contributed by atoms with Crippen molar-refractivity contribution in [3.05, 3.63) is 27.9 Å². The zero-order valence-corrected chi connectivity index (χ0v) is 9.58. The van der Waals surface area contributed by atoms with E-state index in [1.165, 1.54) is 11.4 Å². The van der Waals surface area contributed by atoms with Crippen LogP contribution in [0.2, 0.25) is 4.34 Å². The summed E-state index contributed by atoms with van der Waals surface area (Å²) in [5, 5.41) is 3.32. The van der Waals surface area contributed by atoms with Crippen LogP contribution in [0.1, 0.15) is 11.4 Å². The average Bonchev–Trinajstić information content (AvgIpc) is 2.82. The molecule has 3 rings (SSSR count). The van der Waals surface area contributed by atoms with Gasteiger partial charge < -0.3 is 10.3 Å². The second-order valence-corrected chi connectivity index (χ2v) is 5.26. The van der Waals surface area contributed by atoms with Gasteiger partial charge in [0.1, 0.15) is 5.82 Å². The number of H-pyrrole nitrogens is 1. The number of imidazole rings is 1. The van der Waals surface area contributed by atoms with Crippen molar-refractivity contribution in [1.29, 1.82) is 0 Å². The number of aromatic amines is 1. The molecule has 2 aromatic rings. The van der Waals surface area contributed by atoms with Gasteiger partial charge >= 0.3 is 0 Å². The van der Waals surface area contributed by atoms with Gasteiger partial charge in [-0.2, -0.15) is 0 Å². The quantitative estimate of drug-likeness (QED) is 0.803. The third kappa shape index (κ3) is 1.69. The molecule has 2 aromatic heterocycles. The molecular weight excluding hydrogens is 230 g/mol. The van der Waals surface area contributed by atoms with E-state index in [4.69, 9.17) is 11.6 Å². The van der Waals surface area contributed by atoms with Crippen LogP contribution in [0.25, 0.3) is 10.7 Å². The molecule has 0 amide bonds. The zero-order chi connectivity index (χ0) is 10.3. The van der Waals surface area contributed by atoms with E-state index in [1.54, 1.807) is 11.3 Å². The molecule has 0 saturated heterocycles. The van der Waals surface area contributed by atoms with E-state index in [2.05, 4.69) is 15.3 Å². The van der Waals surface area contributed by atoms with E-state index in [0.717, 1.165) is 34.5 Å². The third-order valence-electron chi connectivity index (χ3n) is 2.51. The Labute approximate surface area is 96.5 Å². The Hall–Kier alpha value is -0.840. The first-order valence-corrected chi connectivity index (χ1v) is 6.06. The summed E-state index contributed by atoms with van der Waals surface area (Å²) in [5.41, 5.74) is 2.40. The summed E-state index contributed by atoms with van der Waals surface area (Å²) in [6.45, 7) is 1.91.